The van der Waals surface area contributed by atoms with Crippen LogP contribution in [0.5, 0.6) is 0 Å². The molecule has 0 unspecified atom stereocenters. The van der Waals surface area contributed by atoms with Crippen LogP contribution in [0, 0.1) is 10.9 Å². The van der Waals surface area contributed by atoms with E-state index in [1.807, 2.05) is 0 Å². The van der Waals surface area contributed by atoms with Crippen molar-refractivity contribution in [2.45, 2.75) is 4.90 Å². The van der Waals surface area contributed by atoms with Gasteiger partial charge in [0.05, 0.1) is 0 Å². The molecule has 1 rings (SSSR count). The Morgan fingerprint density at radius 3 is 2.18 bits per heavy atom. The minimum absolute atomic E-state index is 0.277. The number of rotatable bonds is 1. The van der Waals surface area contributed by atoms with Crippen LogP contribution in [0.1, 0.15) is 0 Å². The van der Waals surface area contributed by atoms with E-state index in [4.69, 9.17) is 4.55 Å². The van der Waals surface area contributed by atoms with E-state index in [2.05, 4.69) is 0 Å². The molecule has 1 heterocycles. The van der Waals surface area contributed by atoms with Crippen molar-refractivity contribution in [1.29, 1.82) is 0 Å². The molecule has 0 aliphatic carbocycles. The van der Waals surface area contributed by atoms with Crippen LogP contribution in [0.15, 0.2) is 10.3 Å². The van der Waals surface area contributed by atoms with Gasteiger partial charge in [-0.15, -0.1) is 11.3 Å². The summed E-state index contributed by atoms with van der Waals surface area (Å²) in [6.45, 7) is 0. The summed E-state index contributed by atoms with van der Waals surface area (Å²) in [6, 6.07) is 0. The number of hydrogen-bond acceptors (Lipinski definition) is 3. The van der Waals surface area contributed by atoms with Crippen molar-refractivity contribution in [2.24, 2.45) is 0 Å². The molecule has 0 aromatic carbocycles. The second kappa shape index (κ2) is 2.50. The molecular weight excluding hydrogens is 198 g/mol. The molecule has 1 N–H and O–H groups in total. The number of halogens is 2. The third-order valence-electron chi connectivity index (χ3n) is 0.919. The van der Waals surface area contributed by atoms with Gasteiger partial charge in [-0.1, -0.05) is 0 Å². The summed E-state index contributed by atoms with van der Waals surface area (Å²) in [4.78, 5) is -1.28. The lowest BCUT2D eigenvalue weighted by Crippen LogP contribution is -2.00. The molecule has 0 radical (unpaired) electrons. The maximum Gasteiger partial charge on any atom is 0.301 e. The third kappa shape index (κ3) is 1.55. The molecule has 11 heavy (non-hydrogen) atoms. The normalized spacial score (nSPS) is 11.9. The third-order valence-corrected chi connectivity index (χ3v) is 2.67. The minimum atomic E-state index is -4.76. The topological polar surface area (TPSA) is 54.4 Å². The van der Waals surface area contributed by atoms with E-state index >= 15 is 0 Å². The lowest BCUT2D eigenvalue weighted by Gasteiger charge is -1.90. The van der Waals surface area contributed by atoms with Crippen molar-refractivity contribution in [1.82, 2.24) is 0 Å². The Hall–Kier alpha value is -0.530. The molecule has 0 fully saturated rings. The predicted octanol–water partition coefficient (Wildman–Crippen LogP) is 1.27. The molecule has 0 aliphatic heterocycles. The summed E-state index contributed by atoms with van der Waals surface area (Å²) >= 11 is 0.277. The Labute approximate surface area is 65.0 Å². The van der Waals surface area contributed by atoms with Crippen LogP contribution in [-0.4, -0.2) is 13.0 Å². The maximum absolute atomic E-state index is 12.3. The highest BCUT2D eigenvalue weighted by Crippen LogP contribution is 2.23. The smallest absolute Gasteiger partial charge is 0.282 e. The van der Waals surface area contributed by atoms with Gasteiger partial charge in [0.15, 0.2) is 10.7 Å². The summed E-state index contributed by atoms with van der Waals surface area (Å²) in [5.41, 5.74) is 0. The Morgan fingerprint density at radius 1 is 1.45 bits per heavy atom. The van der Waals surface area contributed by atoms with Gasteiger partial charge in [0.1, 0.15) is 0 Å². The van der Waals surface area contributed by atoms with E-state index in [1.54, 1.807) is 0 Å². The molecule has 0 amide bonds. The first-order chi connectivity index (χ1) is 4.93. The molecule has 0 aliphatic rings. The van der Waals surface area contributed by atoms with Gasteiger partial charge in [0.2, 0.25) is 5.13 Å². The van der Waals surface area contributed by atoms with Gasteiger partial charge in [-0.05, 0) is 0 Å². The van der Waals surface area contributed by atoms with Crippen molar-refractivity contribution in [3.05, 3.63) is 16.3 Å². The quantitative estimate of drug-likeness (QED) is 0.694. The van der Waals surface area contributed by atoms with Gasteiger partial charge in [-0.25, -0.2) is 4.39 Å². The van der Waals surface area contributed by atoms with Crippen molar-refractivity contribution in [3.8, 4) is 0 Å². The van der Waals surface area contributed by atoms with Crippen LogP contribution in [-0.2, 0) is 10.1 Å². The zero-order valence-electron chi connectivity index (χ0n) is 4.91. The Bertz CT molecular complexity index is 347. The SMILES string of the molecule is O=S(=O)(O)c1c(F)csc1F. The fourth-order valence-electron chi connectivity index (χ4n) is 0.529. The molecule has 7 heteroatoms. The van der Waals surface area contributed by atoms with Crippen molar-refractivity contribution in [2.75, 3.05) is 0 Å². The molecule has 1 aromatic rings. The second-order valence-corrected chi connectivity index (χ2v) is 3.85. The molecule has 1 aromatic heterocycles. The summed E-state index contributed by atoms with van der Waals surface area (Å²) in [7, 11) is -4.76. The Kier molecular flexibility index (Phi) is 1.95. The summed E-state index contributed by atoms with van der Waals surface area (Å²) < 4.78 is 53.4. The number of thiophene rings is 1. The molecule has 0 atom stereocenters. The average molecular weight is 200 g/mol. The van der Waals surface area contributed by atoms with Crippen molar-refractivity contribution < 1.29 is 21.8 Å². The molecular formula is C4H2F2O3S2. The van der Waals surface area contributed by atoms with Gasteiger partial charge in [-0.2, -0.15) is 12.8 Å². The van der Waals surface area contributed by atoms with E-state index in [0.29, 0.717) is 5.38 Å². The Morgan fingerprint density at radius 2 is 2.00 bits per heavy atom. The van der Waals surface area contributed by atoms with Crippen LogP contribution in [0.3, 0.4) is 0 Å². The minimum Gasteiger partial charge on any atom is -0.282 e. The fraction of sp³-hybridized carbons (Fsp3) is 0. The van der Waals surface area contributed by atoms with E-state index in [-0.39, 0.29) is 11.3 Å². The first-order valence-electron chi connectivity index (χ1n) is 2.33. The second-order valence-electron chi connectivity index (χ2n) is 1.66. The lowest BCUT2D eigenvalue weighted by atomic mass is 10.6. The highest BCUT2D eigenvalue weighted by atomic mass is 32.2. The molecule has 0 bridgehead atoms. The molecule has 3 nitrogen and oxygen atoms in total. The van der Waals surface area contributed by atoms with Crippen LogP contribution in [0.2, 0.25) is 0 Å². The largest absolute Gasteiger partial charge is 0.301 e. The van der Waals surface area contributed by atoms with E-state index in [0.717, 1.165) is 0 Å². The summed E-state index contributed by atoms with van der Waals surface area (Å²) in [6.07, 6.45) is 0. The standard InChI is InChI=1S/C4H2F2O3S2/c5-2-1-10-4(6)3(2)11(7,8)9/h1H,(H,7,8,9). The Balaban J connectivity index is 3.45. The zero-order chi connectivity index (χ0) is 8.65. The summed E-state index contributed by atoms with van der Waals surface area (Å²) in [5.74, 6) is -1.27. The van der Waals surface area contributed by atoms with Gasteiger partial charge >= 0.3 is 10.1 Å². The van der Waals surface area contributed by atoms with Crippen LogP contribution in [0.4, 0.5) is 8.78 Å². The molecule has 0 saturated carbocycles. The highest BCUT2D eigenvalue weighted by molar-refractivity contribution is 7.86. The molecule has 62 valence electrons. The van der Waals surface area contributed by atoms with Gasteiger partial charge in [-0.3, -0.25) is 4.55 Å². The number of hydrogen-bond donors (Lipinski definition) is 1. The van der Waals surface area contributed by atoms with Gasteiger partial charge in [0, 0.05) is 5.38 Å². The first-order valence-corrected chi connectivity index (χ1v) is 4.65. The first kappa shape index (κ1) is 8.57. The predicted molar refractivity (Wildman–Crippen MR) is 34.0 cm³/mol. The van der Waals surface area contributed by atoms with Gasteiger partial charge < -0.3 is 0 Å². The fourth-order valence-corrected chi connectivity index (χ4v) is 2.10. The van der Waals surface area contributed by atoms with E-state index < -0.39 is 26.0 Å². The highest BCUT2D eigenvalue weighted by Gasteiger charge is 2.23. The molecule has 0 spiro atoms. The van der Waals surface area contributed by atoms with Crippen LogP contribution < -0.4 is 0 Å². The van der Waals surface area contributed by atoms with Crippen LogP contribution in [0.25, 0.3) is 0 Å². The van der Waals surface area contributed by atoms with E-state index in [1.165, 1.54) is 0 Å². The monoisotopic (exact) mass is 200 g/mol. The van der Waals surface area contributed by atoms with Gasteiger partial charge in [0.25, 0.3) is 0 Å². The van der Waals surface area contributed by atoms with Crippen molar-refractivity contribution >= 4 is 21.5 Å². The lowest BCUT2D eigenvalue weighted by molar-refractivity contribution is 0.463. The molecule has 0 saturated heterocycles. The maximum atomic E-state index is 12.3. The van der Waals surface area contributed by atoms with E-state index in [9.17, 15) is 17.2 Å². The van der Waals surface area contributed by atoms with Crippen LogP contribution >= 0.6 is 11.3 Å². The average Bonchev–Trinajstić information content (AvgIpc) is 2.08. The summed E-state index contributed by atoms with van der Waals surface area (Å²) in [5, 5.41) is -0.580. The van der Waals surface area contributed by atoms with Crippen molar-refractivity contribution in [3.63, 3.8) is 0 Å². The zero-order valence-corrected chi connectivity index (χ0v) is 6.55.